The van der Waals surface area contributed by atoms with Gasteiger partial charge in [-0.15, -0.1) is 0 Å². The quantitative estimate of drug-likeness (QED) is 0.205. The Bertz CT molecular complexity index is 520. The zero-order valence-electron chi connectivity index (χ0n) is 18.9. The third kappa shape index (κ3) is 9.59. The summed E-state index contributed by atoms with van der Waals surface area (Å²) in [5.74, 6) is -6.25. The van der Waals surface area contributed by atoms with Crippen LogP contribution in [0.4, 0.5) is 0 Å². The SMILES string of the molecule is CC(C)(CCCCCCCCCCC(C)(C)C(C(N)=O)C(=O)O)C(C(N)=O)C(=O)O. The summed E-state index contributed by atoms with van der Waals surface area (Å²) < 4.78 is 0. The molecule has 0 aliphatic rings. The molecule has 0 fully saturated rings. The molecule has 0 aliphatic carbocycles. The highest BCUT2D eigenvalue weighted by Gasteiger charge is 2.40. The molecule has 2 amide bonds. The lowest BCUT2D eigenvalue weighted by Gasteiger charge is -2.29. The number of carbonyl (C=O) groups is 4. The molecular formula is C22H40N2O6. The maximum Gasteiger partial charge on any atom is 0.316 e. The molecule has 0 aromatic heterocycles. The maximum atomic E-state index is 11.4. The zero-order chi connectivity index (χ0) is 23.5. The van der Waals surface area contributed by atoms with Crippen LogP contribution in [0.1, 0.15) is 91.9 Å². The molecule has 6 N–H and O–H groups in total. The number of aliphatic carboxylic acids is 2. The predicted octanol–water partition coefficient (Wildman–Crippen LogP) is 3.31. The average molecular weight is 429 g/mol. The van der Waals surface area contributed by atoms with Gasteiger partial charge >= 0.3 is 11.9 Å². The number of hydrogen-bond donors (Lipinski definition) is 4. The van der Waals surface area contributed by atoms with E-state index >= 15 is 0 Å². The van der Waals surface area contributed by atoms with Gasteiger partial charge in [-0.05, 0) is 23.7 Å². The predicted molar refractivity (Wildman–Crippen MR) is 114 cm³/mol. The molecule has 0 saturated heterocycles. The second-order valence-electron chi connectivity index (χ2n) is 9.65. The minimum absolute atomic E-state index is 0.632. The van der Waals surface area contributed by atoms with Gasteiger partial charge in [-0.25, -0.2) is 0 Å². The first-order chi connectivity index (χ1) is 13.7. The molecule has 8 heteroatoms. The molecule has 0 rings (SSSR count). The van der Waals surface area contributed by atoms with E-state index in [1.807, 2.05) is 0 Å². The Morgan fingerprint density at radius 1 is 0.600 bits per heavy atom. The minimum Gasteiger partial charge on any atom is -0.481 e. The van der Waals surface area contributed by atoms with Crippen LogP contribution in [-0.2, 0) is 19.2 Å². The lowest BCUT2D eigenvalue weighted by molar-refractivity contribution is -0.153. The summed E-state index contributed by atoms with van der Waals surface area (Å²) in [5, 5.41) is 18.4. The molecule has 0 spiro atoms. The first-order valence-corrected chi connectivity index (χ1v) is 10.8. The van der Waals surface area contributed by atoms with Gasteiger partial charge in [0.05, 0.1) is 0 Å². The fourth-order valence-electron chi connectivity index (χ4n) is 4.19. The van der Waals surface area contributed by atoms with Gasteiger partial charge < -0.3 is 21.7 Å². The molecule has 0 aliphatic heterocycles. The van der Waals surface area contributed by atoms with Crippen LogP contribution in [0.5, 0.6) is 0 Å². The lowest BCUT2D eigenvalue weighted by atomic mass is 9.74. The summed E-state index contributed by atoms with van der Waals surface area (Å²) in [4.78, 5) is 45.3. The van der Waals surface area contributed by atoms with Gasteiger partial charge in [-0.1, -0.05) is 79.1 Å². The van der Waals surface area contributed by atoms with Crippen molar-refractivity contribution in [3.63, 3.8) is 0 Å². The van der Waals surface area contributed by atoms with E-state index in [-0.39, 0.29) is 0 Å². The Labute approximate surface area is 179 Å². The second-order valence-corrected chi connectivity index (χ2v) is 9.65. The number of unbranched alkanes of at least 4 members (excludes halogenated alkanes) is 7. The van der Waals surface area contributed by atoms with Crippen LogP contribution in [-0.4, -0.2) is 34.0 Å². The van der Waals surface area contributed by atoms with Gasteiger partial charge in [0, 0.05) is 0 Å². The average Bonchev–Trinajstić information content (AvgIpc) is 2.53. The van der Waals surface area contributed by atoms with Crippen molar-refractivity contribution in [2.24, 2.45) is 34.1 Å². The standard InChI is InChI=1S/C22H40N2O6/c1-21(2,15(17(23)25)19(27)28)13-11-9-7-5-6-8-10-12-14-22(3,4)16(18(24)26)20(29)30/h15-16H,5-14H2,1-4H3,(H2,23,25)(H2,24,26)(H,27,28)(H,29,30). The van der Waals surface area contributed by atoms with Gasteiger partial charge in [-0.3, -0.25) is 19.2 Å². The maximum absolute atomic E-state index is 11.4. The number of carboxylic acid groups (broad SMARTS) is 2. The molecule has 0 aromatic carbocycles. The molecule has 174 valence electrons. The summed E-state index contributed by atoms with van der Waals surface area (Å²) >= 11 is 0. The molecule has 2 atom stereocenters. The molecular weight excluding hydrogens is 388 g/mol. The number of amides is 2. The smallest absolute Gasteiger partial charge is 0.316 e. The number of primary amides is 2. The van der Waals surface area contributed by atoms with Crippen LogP contribution in [0.25, 0.3) is 0 Å². The normalized spacial score (nSPS) is 14.1. The third-order valence-corrected chi connectivity index (χ3v) is 6.02. The topological polar surface area (TPSA) is 161 Å². The minimum atomic E-state index is -1.17. The summed E-state index contributed by atoms with van der Waals surface area (Å²) in [6, 6.07) is 0. The first kappa shape index (κ1) is 27.9. The first-order valence-electron chi connectivity index (χ1n) is 10.8. The number of rotatable bonds is 17. The second kappa shape index (κ2) is 12.5. The fourth-order valence-corrected chi connectivity index (χ4v) is 4.19. The van der Waals surface area contributed by atoms with Crippen molar-refractivity contribution in [2.75, 3.05) is 0 Å². The van der Waals surface area contributed by atoms with Crippen molar-refractivity contribution in [1.29, 1.82) is 0 Å². The highest BCUT2D eigenvalue weighted by atomic mass is 16.4. The molecule has 0 saturated carbocycles. The highest BCUT2D eigenvalue weighted by molar-refractivity contribution is 5.97. The largest absolute Gasteiger partial charge is 0.481 e. The summed E-state index contributed by atoms with van der Waals surface area (Å²) in [7, 11) is 0. The van der Waals surface area contributed by atoms with E-state index < -0.39 is 46.4 Å². The molecule has 2 unspecified atom stereocenters. The van der Waals surface area contributed by atoms with Gasteiger partial charge in [-0.2, -0.15) is 0 Å². The Balaban J connectivity index is 4.02. The molecule has 0 heterocycles. The van der Waals surface area contributed by atoms with E-state index in [1.165, 1.54) is 0 Å². The van der Waals surface area contributed by atoms with Crippen LogP contribution in [0.2, 0.25) is 0 Å². The molecule has 30 heavy (non-hydrogen) atoms. The van der Waals surface area contributed by atoms with Crippen molar-refractivity contribution in [2.45, 2.75) is 91.9 Å². The molecule has 0 aromatic rings. The zero-order valence-corrected chi connectivity index (χ0v) is 18.9. The Kier molecular flexibility index (Phi) is 11.7. The van der Waals surface area contributed by atoms with E-state index in [9.17, 15) is 29.4 Å². The van der Waals surface area contributed by atoms with Crippen LogP contribution in [0, 0.1) is 22.7 Å². The highest BCUT2D eigenvalue weighted by Crippen LogP contribution is 2.34. The third-order valence-electron chi connectivity index (χ3n) is 6.02. The van der Waals surface area contributed by atoms with E-state index in [2.05, 4.69) is 0 Å². The van der Waals surface area contributed by atoms with Gasteiger partial charge in [0.2, 0.25) is 11.8 Å². The summed E-state index contributed by atoms with van der Waals surface area (Å²) in [6.45, 7) is 7.08. The van der Waals surface area contributed by atoms with Crippen LogP contribution in [0.3, 0.4) is 0 Å². The van der Waals surface area contributed by atoms with Crippen LogP contribution >= 0.6 is 0 Å². The summed E-state index contributed by atoms with van der Waals surface area (Å²) in [6.07, 6.45) is 9.13. The van der Waals surface area contributed by atoms with Gasteiger partial charge in [0.25, 0.3) is 0 Å². The number of carboxylic acids is 2. The van der Waals surface area contributed by atoms with Crippen molar-refractivity contribution >= 4 is 23.8 Å². The van der Waals surface area contributed by atoms with Crippen molar-refractivity contribution < 1.29 is 29.4 Å². The van der Waals surface area contributed by atoms with E-state index in [1.54, 1.807) is 27.7 Å². The van der Waals surface area contributed by atoms with Gasteiger partial charge in [0.1, 0.15) is 11.8 Å². The van der Waals surface area contributed by atoms with Crippen LogP contribution < -0.4 is 11.5 Å². The molecule has 0 bridgehead atoms. The summed E-state index contributed by atoms with van der Waals surface area (Å²) in [5.41, 5.74) is 9.14. The van der Waals surface area contributed by atoms with Crippen molar-refractivity contribution in [1.82, 2.24) is 0 Å². The van der Waals surface area contributed by atoms with E-state index in [0.29, 0.717) is 12.8 Å². The number of nitrogens with two attached hydrogens (primary N) is 2. The van der Waals surface area contributed by atoms with Crippen LogP contribution in [0.15, 0.2) is 0 Å². The van der Waals surface area contributed by atoms with E-state index in [4.69, 9.17) is 11.5 Å². The fraction of sp³-hybridized carbons (Fsp3) is 0.818. The Morgan fingerprint density at radius 3 is 1.03 bits per heavy atom. The monoisotopic (exact) mass is 428 g/mol. The molecule has 8 nitrogen and oxygen atoms in total. The Morgan fingerprint density at radius 2 is 0.833 bits per heavy atom. The lowest BCUT2D eigenvalue weighted by Crippen LogP contribution is -2.41. The number of carbonyl (C=O) groups excluding carboxylic acids is 2. The number of hydrogen-bond acceptors (Lipinski definition) is 4. The van der Waals surface area contributed by atoms with Crippen molar-refractivity contribution in [3.8, 4) is 0 Å². The van der Waals surface area contributed by atoms with Crippen molar-refractivity contribution in [3.05, 3.63) is 0 Å². The van der Waals surface area contributed by atoms with Gasteiger partial charge in [0.15, 0.2) is 0 Å². The van der Waals surface area contributed by atoms with E-state index in [0.717, 1.165) is 51.4 Å². The Hall–Kier alpha value is -2.12. The molecule has 0 radical (unpaired) electrons.